The van der Waals surface area contributed by atoms with Crippen molar-refractivity contribution >= 4 is 21.9 Å². The summed E-state index contributed by atoms with van der Waals surface area (Å²) < 4.78 is 50.0. The summed E-state index contributed by atoms with van der Waals surface area (Å²) in [4.78, 5) is 25.6. The number of ether oxygens (including phenoxy) is 2. The molecule has 31 heavy (non-hydrogen) atoms. The van der Waals surface area contributed by atoms with Crippen LogP contribution in [0, 0.1) is 18.2 Å². The molecule has 0 aliphatic carbocycles. The van der Waals surface area contributed by atoms with E-state index in [4.69, 9.17) is 15.9 Å². The van der Waals surface area contributed by atoms with Crippen molar-refractivity contribution in [2.75, 3.05) is 27.3 Å². The van der Waals surface area contributed by atoms with E-state index in [-0.39, 0.29) is 29.3 Å². The van der Waals surface area contributed by atoms with Crippen LogP contribution in [0.15, 0.2) is 47.4 Å². The minimum absolute atomic E-state index is 0.0451. The zero-order valence-electron chi connectivity index (χ0n) is 16.9. The molecule has 10 heteroatoms. The Balaban J connectivity index is 1.97. The number of halogens is 1. The second kappa shape index (κ2) is 10.6. The molecule has 164 valence electrons. The maximum atomic E-state index is 13.8. The van der Waals surface area contributed by atoms with Gasteiger partial charge in [0, 0.05) is 13.6 Å². The number of esters is 1. The molecule has 1 N–H and O–H groups in total. The molecule has 0 saturated heterocycles. The third kappa shape index (κ3) is 6.53. The maximum Gasteiger partial charge on any atom is 0.338 e. The van der Waals surface area contributed by atoms with Crippen LogP contribution in [0.1, 0.15) is 15.9 Å². The number of methoxy groups -OCH3 is 1. The first-order valence-electron chi connectivity index (χ1n) is 8.94. The number of terminal acetylenes is 1. The number of carbonyl (C=O) groups is 2. The first kappa shape index (κ1) is 23.9. The average Bonchev–Trinajstić information content (AvgIpc) is 2.76. The van der Waals surface area contributed by atoms with Crippen LogP contribution in [0.5, 0.6) is 5.75 Å². The molecule has 2 aromatic rings. The Bertz CT molecular complexity index is 1110. The molecule has 0 fully saturated rings. The Morgan fingerprint density at radius 1 is 1.23 bits per heavy atom. The van der Waals surface area contributed by atoms with Crippen LogP contribution in [0.3, 0.4) is 0 Å². The number of benzene rings is 2. The molecule has 0 unspecified atom stereocenters. The van der Waals surface area contributed by atoms with E-state index >= 15 is 0 Å². The number of carbonyl (C=O) groups excluding carboxylic acids is 2. The number of nitrogens with one attached hydrogen (secondary N) is 1. The first-order chi connectivity index (χ1) is 14.7. The third-order valence-corrected chi connectivity index (χ3v) is 5.53. The van der Waals surface area contributed by atoms with Crippen LogP contribution in [-0.4, -0.2) is 52.5 Å². The van der Waals surface area contributed by atoms with E-state index in [1.807, 2.05) is 0 Å². The van der Waals surface area contributed by atoms with E-state index in [9.17, 15) is 22.4 Å². The monoisotopic (exact) mass is 448 g/mol. The van der Waals surface area contributed by atoms with E-state index < -0.39 is 34.3 Å². The third-order valence-electron chi connectivity index (χ3n) is 4.13. The summed E-state index contributed by atoms with van der Waals surface area (Å²) in [6.45, 7) is -0.678. The molecular formula is C21H21FN2O6S. The quantitative estimate of drug-likeness (QED) is 0.462. The van der Waals surface area contributed by atoms with E-state index in [2.05, 4.69) is 10.6 Å². The molecular weight excluding hydrogens is 427 g/mol. The number of rotatable bonds is 9. The Morgan fingerprint density at radius 3 is 2.61 bits per heavy atom. The molecule has 0 heterocycles. The molecule has 2 rings (SSSR count). The summed E-state index contributed by atoms with van der Waals surface area (Å²) in [5, 5.41) is 0. The van der Waals surface area contributed by atoms with Gasteiger partial charge in [-0.15, -0.1) is 6.42 Å². The molecule has 1 amide bonds. The highest BCUT2D eigenvalue weighted by Gasteiger charge is 2.18. The summed E-state index contributed by atoms with van der Waals surface area (Å²) in [6, 6.07) is 9.44. The van der Waals surface area contributed by atoms with E-state index in [1.165, 1.54) is 49.4 Å². The predicted octanol–water partition coefficient (Wildman–Crippen LogP) is 1.56. The fourth-order valence-electron chi connectivity index (χ4n) is 2.50. The topological polar surface area (TPSA) is 102 Å². The zero-order valence-corrected chi connectivity index (χ0v) is 17.7. The Kier molecular flexibility index (Phi) is 8.13. The van der Waals surface area contributed by atoms with Gasteiger partial charge in [-0.2, -0.15) is 4.72 Å². The molecule has 0 saturated carbocycles. The normalized spacial score (nSPS) is 10.8. The number of sulfonamides is 1. The number of likely N-dealkylation sites (N-methyl/N-ethyl adjacent to an activating group) is 1. The van der Waals surface area contributed by atoms with Gasteiger partial charge in [0.1, 0.15) is 0 Å². The summed E-state index contributed by atoms with van der Waals surface area (Å²) in [5.41, 5.74) is 0.481. The van der Waals surface area contributed by atoms with Crippen molar-refractivity contribution in [1.82, 2.24) is 9.62 Å². The van der Waals surface area contributed by atoms with Crippen LogP contribution in [-0.2, 0) is 26.1 Å². The lowest BCUT2D eigenvalue weighted by Gasteiger charge is -2.17. The van der Waals surface area contributed by atoms with Crippen LogP contribution in [0.25, 0.3) is 0 Å². The largest absolute Gasteiger partial charge is 0.494 e. The number of amides is 1. The van der Waals surface area contributed by atoms with Crippen LogP contribution in [0.2, 0.25) is 0 Å². The summed E-state index contributed by atoms with van der Waals surface area (Å²) in [5.74, 6) is 0.288. The van der Waals surface area contributed by atoms with E-state index in [0.717, 1.165) is 6.07 Å². The fraction of sp³-hybridized carbons (Fsp3) is 0.238. The van der Waals surface area contributed by atoms with Gasteiger partial charge in [0.2, 0.25) is 10.0 Å². The Morgan fingerprint density at radius 2 is 1.97 bits per heavy atom. The molecule has 0 aromatic heterocycles. The molecule has 0 aliphatic heterocycles. The Labute approximate surface area is 180 Å². The Hall–Kier alpha value is -3.42. The van der Waals surface area contributed by atoms with Gasteiger partial charge in [-0.25, -0.2) is 17.6 Å². The van der Waals surface area contributed by atoms with Gasteiger partial charge in [0.15, 0.2) is 18.2 Å². The number of hydrogen-bond acceptors (Lipinski definition) is 6. The fourth-order valence-corrected chi connectivity index (χ4v) is 3.48. The van der Waals surface area contributed by atoms with E-state index in [0.29, 0.717) is 5.56 Å². The predicted molar refractivity (Wildman–Crippen MR) is 110 cm³/mol. The lowest BCUT2D eigenvalue weighted by molar-refractivity contribution is -0.133. The van der Waals surface area contributed by atoms with Gasteiger partial charge in [-0.1, -0.05) is 18.1 Å². The molecule has 8 nitrogen and oxygen atoms in total. The highest BCUT2D eigenvalue weighted by molar-refractivity contribution is 7.89. The first-order valence-corrected chi connectivity index (χ1v) is 10.4. The van der Waals surface area contributed by atoms with Gasteiger partial charge in [-0.3, -0.25) is 4.79 Å². The van der Waals surface area contributed by atoms with Crippen molar-refractivity contribution < 1.29 is 31.9 Å². The maximum absolute atomic E-state index is 13.8. The standard InChI is InChI=1S/C21H21FN2O6S/c1-4-10-23-31(27,28)17-7-5-6-16(12-17)21(26)30-14-20(25)24(2)13-15-8-9-19(29-3)18(22)11-15/h1,5-9,11-12,23H,10,13-14H2,2-3H3. The minimum Gasteiger partial charge on any atom is -0.494 e. The van der Waals surface area contributed by atoms with Crippen molar-refractivity contribution in [2.24, 2.45) is 0 Å². The van der Waals surface area contributed by atoms with Crippen molar-refractivity contribution in [3.8, 4) is 18.1 Å². The van der Waals surface area contributed by atoms with Gasteiger partial charge >= 0.3 is 5.97 Å². The SMILES string of the molecule is C#CCNS(=O)(=O)c1cccc(C(=O)OCC(=O)N(C)Cc2ccc(OC)c(F)c2)c1. The zero-order chi connectivity index (χ0) is 23.0. The number of nitrogens with zero attached hydrogens (tertiary/aromatic N) is 1. The lowest BCUT2D eigenvalue weighted by atomic mass is 10.2. The van der Waals surface area contributed by atoms with Crippen molar-refractivity contribution in [3.63, 3.8) is 0 Å². The summed E-state index contributed by atoms with van der Waals surface area (Å²) in [6.07, 6.45) is 5.04. The van der Waals surface area contributed by atoms with E-state index in [1.54, 1.807) is 6.07 Å². The molecule has 0 radical (unpaired) electrons. The van der Waals surface area contributed by atoms with Crippen LogP contribution >= 0.6 is 0 Å². The molecule has 0 bridgehead atoms. The molecule has 2 aromatic carbocycles. The molecule has 0 atom stereocenters. The van der Waals surface area contributed by atoms with Crippen molar-refractivity contribution in [3.05, 3.63) is 59.4 Å². The van der Waals surface area contributed by atoms with Gasteiger partial charge < -0.3 is 14.4 Å². The smallest absolute Gasteiger partial charge is 0.338 e. The number of hydrogen-bond donors (Lipinski definition) is 1. The summed E-state index contributed by atoms with van der Waals surface area (Å²) in [7, 11) is -1.06. The van der Waals surface area contributed by atoms with Crippen LogP contribution in [0.4, 0.5) is 4.39 Å². The average molecular weight is 448 g/mol. The van der Waals surface area contributed by atoms with Gasteiger partial charge in [0.05, 0.1) is 24.1 Å². The molecule has 0 aliphatic rings. The summed E-state index contributed by atoms with van der Waals surface area (Å²) >= 11 is 0. The van der Waals surface area contributed by atoms with Crippen LogP contribution < -0.4 is 9.46 Å². The second-order valence-corrected chi connectivity index (χ2v) is 8.12. The van der Waals surface area contributed by atoms with Gasteiger partial charge in [0.25, 0.3) is 5.91 Å². The molecule has 0 spiro atoms. The highest BCUT2D eigenvalue weighted by Crippen LogP contribution is 2.18. The van der Waals surface area contributed by atoms with Gasteiger partial charge in [-0.05, 0) is 35.9 Å². The second-order valence-electron chi connectivity index (χ2n) is 6.35. The highest BCUT2D eigenvalue weighted by atomic mass is 32.2. The lowest BCUT2D eigenvalue weighted by Crippen LogP contribution is -2.31. The van der Waals surface area contributed by atoms with Crippen molar-refractivity contribution in [2.45, 2.75) is 11.4 Å². The minimum atomic E-state index is -3.88. The van der Waals surface area contributed by atoms with Crippen molar-refractivity contribution in [1.29, 1.82) is 0 Å².